The number of fused-ring (bicyclic) bond motifs is 1. The maximum absolute atomic E-state index is 9.33. The quantitative estimate of drug-likeness (QED) is 0.616. The molecule has 0 amide bonds. The highest BCUT2D eigenvalue weighted by Gasteiger charge is 2.15. The first-order valence-corrected chi connectivity index (χ1v) is 6.90. The van der Waals surface area contributed by atoms with Crippen LogP contribution < -0.4 is 13.5 Å². The number of hydrogen-bond acceptors (Lipinski definition) is 4. The molecule has 2 aromatic rings. The van der Waals surface area contributed by atoms with Gasteiger partial charge in [-0.25, -0.2) is 0 Å². The number of hydrogen-bond donors (Lipinski definition) is 2. The van der Waals surface area contributed by atoms with Gasteiger partial charge in [-0.3, -0.25) is 0 Å². The topological polar surface area (TPSA) is 64.7 Å². The van der Waals surface area contributed by atoms with Gasteiger partial charge in [0.2, 0.25) is 0 Å². The van der Waals surface area contributed by atoms with E-state index in [9.17, 15) is 5.11 Å². The number of nitrogen functional groups attached to an aromatic ring is 1. The molecule has 0 spiro atoms. The van der Waals surface area contributed by atoms with Gasteiger partial charge in [-0.2, -0.15) is 0 Å². The highest BCUT2D eigenvalue weighted by Crippen LogP contribution is 2.37. The van der Waals surface area contributed by atoms with E-state index in [1.165, 1.54) is 0 Å². The minimum atomic E-state index is 0.250. The first kappa shape index (κ1) is 13.1. The van der Waals surface area contributed by atoms with Crippen molar-refractivity contribution in [3.63, 3.8) is 0 Å². The van der Waals surface area contributed by atoms with E-state index in [0.29, 0.717) is 18.0 Å². The van der Waals surface area contributed by atoms with Gasteiger partial charge in [0.15, 0.2) is 28.8 Å². The fourth-order valence-electron chi connectivity index (χ4n) is 2.12. The first-order valence-electron chi connectivity index (χ1n) is 6.02. The molecular formula is C15H12INO3. The lowest BCUT2D eigenvalue weighted by molar-refractivity contribution is 0.365. The van der Waals surface area contributed by atoms with Crippen LogP contribution in [0.15, 0.2) is 36.4 Å². The Kier molecular flexibility index (Phi) is 3.43. The highest BCUT2D eigenvalue weighted by molar-refractivity contribution is 14.1. The molecule has 102 valence electrons. The lowest BCUT2D eigenvalue weighted by atomic mass is 10.0. The van der Waals surface area contributed by atoms with Gasteiger partial charge in [0.1, 0.15) is 18.1 Å². The van der Waals surface area contributed by atoms with Crippen LogP contribution >= 0.6 is 23.0 Å². The Balaban J connectivity index is 2.03. The average molecular weight is 381 g/mol. The van der Waals surface area contributed by atoms with Gasteiger partial charge in [-0.15, -0.1) is 0 Å². The predicted octanol–water partition coefficient (Wildman–Crippen LogP) is 3.64. The number of phenols is 1. The maximum atomic E-state index is 9.33. The molecule has 0 unspecified atom stereocenters. The molecule has 20 heavy (non-hydrogen) atoms. The Morgan fingerprint density at radius 1 is 1.20 bits per heavy atom. The van der Waals surface area contributed by atoms with E-state index in [1.54, 1.807) is 41.2 Å². The van der Waals surface area contributed by atoms with E-state index < -0.39 is 0 Å². The minimum Gasteiger partial charge on any atom is -0.508 e. The molecule has 5 heteroatoms. The van der Waals surface area contributed by atoms with Crippen LogP contribution in [0, 0.1) is 0 Å². The van der Waals surface area contributed by atoms with Crippen molar-refractivity contribution in [3.05, 3.63) is 47.5 Å². The average Bonchev–Trinajstić information content (AvgIpc) is 2.47. The number of benzene rings is 2. The van der Waals surface area contributed by atoms with Gasteiger partial charge >= 0.3 is 0 Å². The van der Waals surface area contributed by atoms with Gasteiger partial charge in [-0.05, 0) is 35.4 Å². The number of ether oxygens (including phenoxy) is 1. The van der Waals surface area contributed by atoms with Crippen molar-refractivity contribution in [1.29, 1.82) is 0 Å². The third-order valence-corrected chi connectivity index (χ3v) is 3.65. The normalized spacial score (nSPS) is 13.2. The van der Waals surface area contributed by atoms with Crippen LogP contribution in [0.2, 0.25) is 0 Å². The third-order valence-electron chi connectivity index (χ3n) is 3.18. The Morgan fingerprint density at radius 2 is 1.95 bits per heavy atom. The summed E-state index contributed by atoms with van der Waals surface area (Å²) in [5, 5.41) is 9.33. The van der Waals surface area contributed by atoms with E-state index in [2.05, 4.69) is 0 Å². The lowest BCUT2D eigenvalue weighted by Crippen LogP contribution is -2.07. The van der Waals surface area contributed by atoms with Crippen molar-refractivity contribution in [3.8, 4) is 17.2 Å². The molecule has 0 fully saturated rings. The van der Waals surface area contributed by atoms with Crippen molar-refractivity contribution in [1.82, 2.24) is 0 Å². The van der Waals surface area contributed by atoms with E-state index in [1.807, 2.05) is 24.3 Å². The van der Waals surface area contributed by atoms with Gasteiger partial charge in [0, 0.05) is 11.6 Å². The summed E-state index contributed by atoms with van der Waals surface area (Å²) in [6.07, 6.45) is 2.05. The van der Waals surface area contributed by atoms with Crippen molar-refractivity contribution in [2.45, 2.75) is 0 Å². The maximum Gasteiger partial charge on any atom is 0.192 e. The number of aromatic hydroxyl groups is 1. The molecule has 0 aliphatic carbocycles. The Labute approximate surface area is 130 Å². The van der Waals surface area contributed by atoms with Crippen LogP contribution in [0.5, 0.6) is 17.2 Å². The SMILES string of the molecule is Nc1cc2c(cc1OI)C=C(c1ccc(O)cc1)CO2. The van der Waals surface area contributed by atoms with E-state index in [0.717, 1.165) is 22.4 Å². The summed E-state index contributed by atoms with van der Waals surface area (Å²) < 4.78 is 10.9. The number of halogens is 1. The molecule has 4 nitrogen and oxygen atoms in total. The highest BCUT2D eigenvalue weighted by atomic mass is 127. The third kappa shape index (κ3) is 2.40. The van der Waals surface area contributed by atoms with Crippen LogP contribution in [0.25, 0.3) is 11.6 Å². The van der Waals surface area contributed by atoms with Crippen molar-refractivity contribution >= 4 is 40.3 Å². The second kappa shape index (κ2) is 5.24. The van der Waals surface area contributed by atoms with Crippen LogP contribution in [0.3, 0.4) is 0 Å². The molecule has 3 rings (SSSR count). The summed E-state index contributed by atoms with van der Waals surface area (Å²) in [6, 6.07) is 10.7. The zero-order chi connectivity index (χ0) is 14.1. The molecule has 3 N–H and O–H groups in total. The fourth-order valence-corrected chi connectivity index (χ4v) is 2.50. The monoisotopic (exact) mass is 381 g/mol. The summed E-state index contributed by atoms with van der Waals surface area (Å²) in [6.45, 7) is 0.474. The number of nitrogens with two attached hydrogens (primary N) is 1. The van der Waals surface area contributed by atoms with Crippen LogP contribution in [-0.2, 0) is 0 Å². The first-order chi connectivity index (χ1) is 9.67. The predicted molar refractivity (Wildman–Crippen MR) is 87.0 cm³/mol. The minimum absolute atomic E-state index is 0.250. The fraction of sp³-hybridized carbons (Fsp3) is 0.0667. The zero-order valence-corrected chi connectivity index (χ0v) is 12.6. The van der Waals surface area contributed by atoms with Gasteiger partial charge in [0.05, 0.1) is 5.69 Å². The largest absolute Gasteiger partial charge is 0.508 e. The lowest BCUT2D eigenvalue weighted by Gasteiger charge is -2.19. The summed E-state index contributed by atoms with van der Waals surface area (Å²) >= 11 is 1.80. The zero-order valence-electron chi connectivity index (χ0n) is 10.5. The molecule has 1 aliphatic rings. The Bertz CT molecular complexity index is 680. The Morgan fingerprint density at radius 3 is 2.65 bits per heavy atom. The number of phenolic OH excluding ortho intramolecular Hbond substituents is 1. The summed E-state index contributed by atoms with van der Waals surface area (Å²) in [5.41, 5.74) is 9.40. The van der Waals surface area contributed by atoms with Crippen LogP contribution in [-0.4, -0.2) is 11.7 Å². The molecule has 1 aliphatic heterocycles. The summed E-state index contributed by atoms with van der Waals surface area (Å²) in [4.78, 5) is 0. The summed E-state index contributed by atoms with van der Waals surface area (Å²) in [5.74, 6) is 1.62. The molecule has 2 aromatic carbocycles. The Hall–Kier alpha value is -1.89. The molecule has 1 heterocycles. The smallest absolute Gasteiger partial charge is 0.192 e. The number of anilines is 1. The molecule has 0 atom stereocenters. The molecule has 0 saturated carbocycles. The van der Waals surface area contributed by atoms with Crippen molar-refractivity contribution in [2.24, 2.45) is 0 Å². The van der Waals surface area contributed by atoms with Crippen molar-refractivity contribution < 1.29 is 12.9 Å². The van der Waals surface area contributed by atoms with E-state index in [-0.39, 0.29) is 5.75 Å². The van der Waals surface area contributed by atoms with Gasteiger partial charge < -0.3 is 18.6 Å². The molecule has 0 aromatic heterocycles. The standard InChI is InChI=1S/C15H12INO3/c16-20-15-6-10-5-11(8-19-14(10)7-13(15)17)9-1-3-12(18)4-2-9/h1-7,18H,8,17H2. The second-order valence-corrected chi connectivity index (χ2v) is 4.95. The van der Waals surface area contributed by atoms with Crippen molar-refractivity contribution in [2.75, 3.05) is 12.3 Å². The van der Waals surface area contributed by atoms with Crippen LogP contribution in [0.4, 0.5) is 5.69 Å². The number of rotatable bonds is 2. The molecular weight excluding hydrogens is 369 g/mol. The molecule has 0 radical (unpaired) electrons. The van der Waals surface area contributed by atoms with E-state index in [4.69, 9.17) is 13.5 Å². The van der Waals surface area contributed by atoms with E-state index >= 15 is 0 Å². The van der Waals surface area contributed by atoms with Gasteiger partial charge in [0.25, 0.3) is 0 Å². The second-order valence-electron chi connectivity index (χ2n) is 4.51. The van der Waals surface area contributed by atoms with Gasteiger partial charge in [-0.1, -0.05) is 12.1 Å². The molecule has 0 saturated heterocycles. The van der Waals surface area contributed by atoms with Crippen LogP contribution in [0.1, 0.15) is 11.1 Å². The molecule has 0 bridgehead atoms. The summed E-state index contributed by atoms with van der Waals surface area (Å²) in [7, 11) is 0.